The molecule has 2 aromatic rings. The van der Waals surface area contributed by atoms with Gasteiger partial charge in [-0.3, -0.25) is 0 Å². The number of halogens is 1. The average molecular weight is 253 g/mol. The predicted octanol–water partition coefficient (Wildman–Crippen LogP) is 2.14. The Bertz CT molecular complexity index is 547. The van der Waals surface area contributed by atoms with Crippen LogP contribution in [0, 0.1) is 0 Å². The molecule has 1 atom stereocenters. The van der Waals surface area contributed by atoms with Crippen LogP contribution in [-0.4, -0.2) is 27.9 Å². The van der Waals surface area contributed by atoms with Crippen molar-refractivity contribution in [2.45, 2.75) is 19.1 Å². The van der Waals surface area contributed by atoms with Crippen LogP contribution in [0.2, 0.25) is 5.15 Å². The second kappa shape index (κ2) is 4.29. The summed E-state index contributed by atoms with van der Waals surface area (Å²) in [4.78, 5) is 4.35. The molecule has 0 bridgehead atoms. The van der Waals surface area contributed by atoms with Crippen LogP contribution in [0.3, 0.4) is 0 Å². The van der Waals surface area contributed by atoms with Crippen LogP contribution in [0.4, 0.5) is 0 Å². The summed E-state index contributed by atoms with van der Waals surface area (Å²) in [6.45, 7) is 1.48. The predicted molar refractivity (Wildman–Crippen MR) is 65.1 cm³/mol. The fourth-order valence-electron chi connectivity index (χ4n) is 2.33. The van der Waals surface area contributed by atoms with Crippen LogP contribution >= 0.6 is 11.6 Å². The Kier molecular flexibility index (Phi) is 2.78. The van der Waals surface area contributed by atoms with Gasteiger partial charge in [0.05, 0.1) is 19.3 Å². The number of aliphatic hydroxyl groups is 1. The Morgan fingerprint density at radius 3 is 3.18 bits per heavy atom. The molecule has 90 valence electrons. The topological polar surface area (TPSA) is 47.3 Å². The van der Waals surface area contributed by atoms with E-state index in [0.717, 1.165) is 29.6 Å². The van der Waals surface area contributed by atoms with Crippen LogP contribution in [-0.2, 0) is 11.3 Å². The minimum Gasteiger partial charge on any atom is -0.392 e. The van der Waals surface area contributed by atoms with Gasteiger partial charge in [-0.15, -0.1) is 0 Å². The van der Waals surface area contributed by atoms with Crippen molar-refractivity contribution in [3.63, 3.8) is 0 Å². The first kappa shape index (κ1) is 11.0. The highest BCUT2D eigenvalue weighted by atomic mass is 35.5. The lowest BCUT2D eigenvalue weighted by Gasteiger charge is -2.11. The molecule has 1 fully saturated rings. The number of aliphatic hydroxyl groups excluding tert-OH is 1. The Hall–Kier alpha value is -1.10. The molecule has 2 aromatic heterocycles. The Balaban J connectivity index is 2.17. The van der Waals surface area contributed by atoms with Gasteiger partial charge in [0.15, 0.2) is 0 Å². The first-order valence-corrected chi connectivity index (χ1v) is 6.02. The van der Waals surface area contributed by atoms with Crippen LogP contribution in [0.15, 0.2) is 18.3 Å². The smallest absolute Gasteiger partial charge is 0.142 e. The number of hydrogen-bond acceptors (Lipinski definition) is 3. The quantitative estimate of drug-likeness (QED) is 0.833. The lowest BCUT2D eigenvalue weighted by atomic mass is 10.2. The van der Waals surface area contributed by atoms with Gasteiger partial charge in [-0.05, 0) is 24.1 Å². The van der Waals surface area contributed by atoms with Crippen molar-refractivity contribution in [2.75, 3.05) is 13.2 Å². The van der Waals surface area contributed by atoms with Crippen molar-refractivity contribution in [1.29, 1.82) is 0 Å². The Morgan fingerprint density at radius 1 is 1.59 bits per heavy atom. The summed E-state index contributed by atoms with van der Waals surface area (Å²) < 4.78 is 7.48. The third kappa shape index (κ3) is 1.82. The fourth-order valence-corrected chi connectivity index (χ4v) is 2.54. The third-order valence-electron chi connectivity index (χ3n) is 3.21. The number of fused-ring (bicyclic) bond motifs is 1. The summed E-state index contributed by atoms with van der Waals surface area (Å²) in [5, 5.41) is 10.7. The van der Waals surface area contributed by atoms with Gasteiger partial charge >= 0.3 is 0 Å². The molecular formula is C12H13ClN2O2. The highest BCUT2D eigenvalue weighted by Crippen LogP contribution is 2.28. The second-order valence-corrected chi connectivity index (χ2v) is 4.63. The molecule has 4 nitrogen and oxygen atoms in total. The number of nitrogens with zero attached hydrogens (tertiary/aromatic N) is 2. The lowest BCUT2D eigenvalue weighted by molar-refractivity contribution is 0.187. The molecule has 0 radical (unpaired) electrons. The summed E-state index contributed by atoms with van der Waals surface area (Å²) in [5.41, 5.74) is 1.65. The first-order valence-electron chi connectivity index (χ1n) is 5.64. The largest absolute Gasteiger partial charge is 0.392 e. The number of pyridine rings is 1. The van der Waals surface area contributed by atoms with Crippen LogP contribution < -0.4 is 0 Å². The van der Waals surface area contributed by atoms with Crippen molar-refractivity contribution in [3.05, 3.63) is 29.0 Å². The van der Waals surface area contributed by atoms with Gasteiger partial charge in [-0.25, -0.2) is 4.98 Å². The molecule has 0 aromatic carbocycles. The minimum atomic E-state index is -0.0239. The molecule has 17 heavy (non-hydrogen) atoms. The Morgan fingerprint density at radius 2 is 2.47 bits per heavy atom. The molecule has 0 amide bonds. The van der Waals surface area contributed by atoms with E-state index in [4.69, 9.17) is 16.3 Å². The van der Waals surface area contributed by atoms with Crippen LogP contribution in [0.1, 0.15) is 18.0 Å². The van der Waals surface area contributed by atoms with Gasteiger partial charge in [0.1, 0.15) is 10.8 Å². The fraction of sp³-hybridized carbons (Fsp3) is 0.417. The molecule has 0 aliphatic carbocycles. The Labute approximate surface area is 104 Å². The first-order chi connectivity index (χ1) is 8.29. The molecule has 1 saturated heterocycles. The van der Waals surface area contributed by atoms with Crippen molar-refractivity contribution in [2.24, 2.45) is 0 Å². The lowest BCUT2D eigenvalue weighted by Crippen LogP contribution is -2.08. The summed E-state index contributed by atoms with van der Waals surface area (Å²) in [6, 6.07) is 4.01. The van der Waals surface area contributed by atoms with E-state index in [0.29, 0.717) is 17.8 Å². The van der Waals surface area contributed by atoms with Crippen molar-refractivity contribution in [3.8, 4) is 0 Å². The highest BCUT2D eigenvalue weighted by molar-refractivity contribution is 6.29. The van der Waals surface area contributed by atoms with Gasteiger partial charge in [-0.2, -0.15) is 0 Å². The minimum absolute atomic E-state index is 0.0239. The maximum absolute atomic E-state index is 9.31. The van der Waals surface area contributed by atoms with Gasteiger partial charge < -0.3 is 14.4 Å². The molecule has 3 heterocycles. The third-order valence-corrected chi connectivity index (χ3v) is 3.40. The van der Waals surface area contributed by atoms with Crippen LogP contribution in [0.5, 0.6) is 0 Å². The molecule has 1 aliphatic heterocycles. The van der Waals surface area contributed by atoms with E-state index < -0.39 is 0 Å². The zero-order chi connectivity index (χ0) is 11.8. The molecule has 0 saturated carbocycles. The van der Waals surface area contributed by atoms with E-state index in [2.05, 4.69) is 9.55 Å². The number of hydrogen-bond donors (Lipinski definition) is 1. The highest BCUT2D eigenvalue weighted by Gasteiger charge is 2.20. The number of ether oxygens (including phenoxy) is 1. The van der Waals surface area contributed by atoms with Crippen molar-refractivity contribution >= 4 is 22.6 Å². The summed E-state index contributed by atoms with van der Waals surface area (Å²) in [6.07, 6.45) is 2.99. The summed E-state index contributed by atoms with van der Waals surface area (Å²) in [5.74, 6) is 0. The molecule has 1 unspecified atom stereocenters. The molecule has 1 aliphatic rings. The van der Waals surface area contributed by atoms with E-state index in [1.54, 1.807) is 6.07 Å². The van der Waals surface area contributed by atoms with E-state index in [-0.39, 0.29) is 6.61 Å². The monoisotopic (exact) mass is 252 g/mol. The molecular weight excluding hydrogens is 240 g/mol. The summed E-state index contributed by atoms with van der Waals surface area (Å²) in [7, 11) is 0. The standard InChI is InChI=1S/C12H13ClN2O2/c13-11-5-8(6-16)10-1-3-15(12(10)14-11)9-2-4-17-7-9/h1,3,5,9,16H,2,4,6-7H2. The summed E-state index contributed by atoms with van der Waals surface area (Å²) >= 11 is 5.97. The average Bonchev–Trinajstić information content (AvgIpc) is 2.94. The molecule has 0 spiro atoms. The van der Waals surface area contributed by atoms with E-state index in [1.165, 1.54) is 0 Å². The van der Waals surface area contributed by atoms with E-state index >= 15 is 0 Å². The number of rotatable bonds is 2. The normalized spacial score (nSPS) is 20.2. The maximum atomic E-state index is 9.31. The van der Waals surface area contributed by atoms with Gasteiger partial charge in [0.25, 0.3) is 0 Å². The van der Waals surface area contributed by atoms with E-state index in [9.17, 15) is 5.11 Å². The maximum Gasteiger partial charge on any atom is 0.142 e. The van der Waals surface area contributed by atoms with Crippen molar-refractivity contribution < 1.29 is 9.84 Å². The van der Waals surface area contributed by atoms with Gasteiger partial charge in [-0.1, -0.05) is 11.6 Å². The van der Waals surface area contributed by atoms with E-state index in [1.807, 2.05) is 12.3 Å². The SMILES string of the molecule is OCc1cc(Cl)nc2c1ccn2C1CCOC1. The zero-order valence-corrected chi connectivity index (χ0v) is 10.0. The molecule has 5 heteroatoms. The number of aromatic nitrogens is 2. The second-order valence-electron chi connectivity index (χ2n) is 4.24. The van der Waals surface area contributed by atoms with Crippen LogP contribution in [0.25, 0.3) is 11.0 Å². The van der Waals surface area contributed by atoms with Gasteiger partial charge in [0, 0.05) is 18.2 Å². The molecule has 3 rings (SSSR count). The molecule has 1 N–H and O–H groups in total. The van der Waals surface area contributed by atoms with Crippen molar-refractivity contribution in [1.82, 2.24) is 9.55 Å². The zero-order valence-electron chi connectivity index (χ0n) is 9.27. The van der Waals surface area contributed by atoms with Gasteiger partial charge in [0.2, 0.25) is 0 Å².